The Hall–Kier alpha value is -0.440. The molecule has 1 aromatic carbocycles. The Balaban J connectivity index is 2.18. The van der Waals surface area contributed by atoms with Crippen molar-refractivity contribution in [2.45, 2.75) is 6.04 Å². The highest BCUT2D eigenvalue weighted by atomic mass is 35.5. The molecule has 1 aliphatic rings. The Morgan fingerprint density at radius 2 is 1.92 bits per heavy atom. The van der Waals surface area contributed by atoms with Crippen LogP contribution in [0.25, 0.3) is 0 Å². The highest BCUT2D eigenvalue weighted by Crippen LogP contribution is 2.28. The van der Waals surface area contributed by atoms with Crippen LogP contribution in [0.3, 0.4) is 0 Å². The van der Waals surface area contributed by atoms with E-state index in [9.17, 15) is 0 Å². The summed E-state index contributed by atoms with van der Waals surface area (Å²) in [5, 5.41) is 1.19. The van der Waals surface area contributed by atoms with E-state index in [1.54, 1.807) is 0 Å². The summed E-state index contributed by atoms with van der Waals surface area (Å²) in [5.41, 5.74) is 6.77. The largest absolute Gasteiger partial charge is 0.368 e. The van der Waals surface area contributed by atoms with Gasteiger partial charge in [-0.1, -0.05) is 23.2 Å². The molecule has 1 saturated heterocycles. The summed E-state index contributed by atoms with van der Waals surface area (Å²) < 4.78 is 0. The van der Waals surface area contributed by atoms with E-state index < -0.39 is 0 Å². The van der Waals surface area contributed by atoms with E-state index >= 15 is 0 Å². The zero-order valence-electron chi connectivity index (χ0n) is 7.00. The minimum Gasteiger partial charge on any atom is -0.368 e. The SMILES string of the molecule is NC1CN(c2ccc(Cl)c(Cl)c2)C1. The number of nitrogens with two attached hydrogens (primary N) is 1. The standard InChI is InChI=1S/C9H10Cl2N2/c10-8-2-1-7(3-9(8)11)13-4-6(12)5-13/h1-3,6H,4-5,12H2. The van der Waals surface area contributed by atoms with Crippen LogP contribution in [0.15, 0.2) is 18.2 Å². The quantitative estimate of drug-likeness (QED) is 0.780. The lowest BCUT2D eigenvalue weighted by Crippen LogP contribution is -2.55. The molecular weight excluding hydrogens is 207 g/mol. The van der Waals surface area contributed by atoms with Gasteiger partial charge in [0, 0.05) is 24.8 Å². The third-order valence-corrected chi connectivity index (χ3v) is 2.92. The summed E-state index contributed by atoms with van der Waals surface area (Å²) in [5.74, 6) is 0. The monoisotopic (exact) mass is 216 g/mol. The van der Waals surface area contributed by atoms with E-state index in [0.717, 1.165) is 18.8 Å². The van der Waals surface area contributed by atoms with E-state index in [1.807, 2.05) is 18.2 Å². The van der Waals surface area contributed by atoms with Crippen LogP contribution < -0.4 is 10.6 Å². The van der Waals surface area contributed by atoms with Gasteiger partial charge in [0.1, 0.15) is 0 Å². The smallest absolute Gasteiger partial charge is 0.0612 e. The van der Waals surface area contributed by atoms with Gasteiger partial charge >= 0.3 is 0 Å². The number of hydrogen-bond donors (Lipinski definition) is 1. The summed E-state index contributed by atoms with van der Waals surface area (Å²) in [7, 11) is 0. The normalized spacial score (nSPS) is 17.3. The summed E-state index contributed by atoms with van der Waals surface area (Å²) in [6, 6.07) is 5.94. The first kappa shape index (κ1) is 9.13. The fourth-order valence-corrected chi connectivity index (χ4v) is 1.70. The fraction of sp³-hybridized carbons (Fsp3) is 0.333. The Morgan fingerprint density at radius 3 is 2.46 bits per heavy atom. The minimum atomic E-state index is 0.300. The lowest BCUT2D eigenvalue weighted by Gasteiger charge is -2.38. The van der Waals surface area contributed by atoms with Crippen LogP contribution in [0, 0.1) is 0 Å². The second kappa shape index (κ2) is 3.37. The third kappa shape index (κ3) is 1.75. The van der Waals surface area contributed by atoms with Crippen LogP contribution in [-0.4, -0.2) is 19.1 Å². The summed E-state index contributed by atoms with van der Waals surface area (Å²) in [6.45, 7) is 1.80. The fourth-order valence-electron chi connectivity index (χ4n) is 1.41. The summed E-state index contributed by atoms with van der Waals surface area (Å²) in [6.07, 6.45) is 0. The predicted molar refractivity (Wildman–Crippen MR) is 56.7 cm³/mol. The molecular formula is C9H10Cl2N2. The van der Waals surface area contributed by atoms with Crippen LogP contribution in [0.2, 0.25) is 10.0 Å². The Kier molecular flexibility index (Phi) is 2.37. The molecule has 0 aliphatic carbocycles. The first-order valence-electron chi connectivity index (χ1n) is 4.12. The van der Waals surface area contributed by atoms with Crippen LogP contribution in [0.1, 0.15) is 0 Å². The van der Waals surface area contributed by atoms with Crippen LogP contribution in [0.5, 0.6) is 0 Å². The molecule has 70 valence electrons. The van der Waals surface area contributed by atoms with Gasteiger partial charge in [0.15, 0.2) is 0 Å². The molecule has 0 radical (unpaired) electrons. The molecule has 1 aromatic rings. The Bertz CT molecular complexity index is 321. The molecule has 0 saturated carbocycles. The van der Waals surface area contributed by atoms with Crippen molar-refractivity contribution in [1.29, 1.82) is 0 Å². The molecule has 0 bridgehead atoms. The molecule has 2 N–H and O–H groups in total. The van der Waals surface area contributed by atoms with Crippen molar-refractivity contribution in [3.8, 4) is 0 Å². The average Bonchev–Trinajstić information content (AvgIpc) is 2.05. The molecule has 0 spiro atoms. The van der Waals surface area contributed by atoms with Gasteiger partial charge in [-0.2, -0.15) is 0 Å². The van der Waals surface area contributed by atoms with E-state index in [0.29, 0.717) is 16.1 Å². The molecule has 2 rings (SSSR count). The highest BCUT2D eigenvalue weighted by Gasteiger charge is 2.23. The first-order chi connectivity index (χ1) is 6.16. The number of rotatable bonds is 1. The average molecular weight is 217 g/mol. The predicted octanol–water partition coefficient (Wildman–Crippen LogP) is 2.14. The van der Waals surface area contributed by atoms with Gasteiger partial charge < -0.3 is 10.6 Å². The molecule has 4 heteroatoms. The number of anilines is 1. The van der Waals surface area contributed by atoms with Gasteiger partial charge in [-0.05, 0) is 18.2 Å². The highest BCUT2D eigenvalue weighted by molar-refractivity contribution is 6.42. The number of hydrogen-bond acceptors (Lipinski definition) is 2. The van der Waals surface area contributed by atoms with Gasteiger partial charge in [0.25, 0.3) is 0 Å². The Labute approximate surface area is 87.2 Å². The number of nitrogens with zero attached hydrogens (tertiary/aromatic N) is 1. The van der Waals surface area contributed by atoms with Crippen LogP contribution in [0.4, 0.5) is 5.69 Å². The first-order valence-corrected chi connectivity index (χ1v) is 4.88. The molecule has 1 heterocycles. The summed E-state index contributed by atoms with van der Waals surface area (Å²) in [4.78, 5) is 2.17. The van der Waals surface area contributed by atoms with E-state index in [4.69, 9.17) is 28.9 Å². The van der Waals surface area contributed by atoms with Gasteiger partial charge in [-0.25, -0.2) is 0 Å². The molecule has 0 atom stereocenters. The van der Waals surface area contributed by atoms with Crippen molar-refractivity contribution < 1.29 is 0 Å². The molecule has 0 aromatic heterocycles. The maximum atomic E-state index is 5.89. The Morgan fingerprint density at radius 1 is 1.23 bits per heavy atom. The second-order valence-electron chi connectivity index (χ2n) is 3.26. The maximum Gasteiger partial charge on any atom is 0.0612 e. The minimum absolute atomic E-state index is 0.300. The molecule has 0 amide bonds. The molecule has 0 unspecified atom stereocenters. The number of benzene rings is 1. The van der Waals surface area contributed by atoms with Crippen molar-refractivity contribution in [3.63, 3.8) is 0 Å². The molecule has 1 aliphatic heterocycles. The van der Waals surface area contributed by atoms with Crippen molar-refractivity contribution in [1.82, 2.24) is 0 Å². The van der Waals surface area contributed by atoms with Crippen molar-refractivity contribution in [2.75, 3.05) is 18.0 Å². The zero-order chi connectivity index (χ0) is 9.42. The topological polar surface area (TPSA) is 29.3 Å². The second-order valence-corrected chi connectivity index (χ2v) is 4.08. The van der Waals surface area contributed by atoms with Crippen molar-refractivity contribution in [2.24, 2.45) is 5.73 Å². The van der Waals surface area contributed by atoms with Crippen molar-refractivity contribution in [3.05, 3.63) is 28.2 Å². The third-order valence-electron chi connectivity index (χ3n) is 2.18. The van der Waals surface area contributed by atoms with Crippen LogP contribution in [-0.2, 0) is 0 Å². The number of halogens is 2. The van der Waals surface area contributed by atoms with Crippen LogP contribution >= 0.6 is 23.2 Å². The zero-order valence-corrected chi connectivity index (χ0v) is 8.52. The van der Waals surface area contributed by atoms with Gasteiger partial charge in [0.2, 0.25) is 0 Å². The molecule has 13 heavy (non-hydrogen) atoms. The maximum absolute atomic E-state index is 5.89. The molecule has 2 nitrogen and oxygen atoms in total. The summed E-state index contributed by atoms with van der Waals surface area (Å²) >= 11 is 11.7. The van der Waals surface area contributed by atoms with Gasteiger partial charge in [0.05, 0.1) is 10.0 Å². The van der Waals surface area contributed by atoms with Gasteiger partial charge in [-0.3, -0.25) is 0 Å². The van der Waals surface area contributed by atoms with Crippen molar-refractivity contribution >= 4 is 28.9 Å². The molecule has 1 fully saturated rings. The van der Waals surface area contributed by atoms with Gasteiger partial charge in [-0.15, -0.1) is 0 Å². The lowest BCUT2D eigenvalue weighted by molar-refractivity contribution is 0.519. The van der Waals surface area contributed by atoms with E-state index in [1.165, 1.54) is 0 Å². The van der Waals surface area contributed by atoms with E-state index in [2.05, 4.69) is 4.90 Å². The lowest BCUT2D eigenvalue weighted by atomic mass is 10.1. The van der Waals surface area contributed by atoms with E-state index in [-0.39, 0.29) is 0 Å².